The maximum absolute atomic E-state index is 12.7. The second-order valence-electron chi connectivity index (χ2n) is 7.74. The van der Waals surface area contributed by atoms with Gasteiger partial charge in [0.1, 0.15) is 5.82 Å². The molecule has 1 aromatic heterocycles. The van der Waals surface area contributed by atoms with Crippen molar-refractivity contribution in [2.24, 2.45) is 5.92 Å². The van der Waals surface area contributed by atoms with Crippen LogP contribution < -0.4 is 5.32 Å². The van der Waals surface area contributed by atoms with Crippen molar-refractivity contribution in [1.29, 1.82) is 0 Å². The Kier molecular flexibility index (Phi) is 4.02. The highest BCUT2D eigenvalue weighted by molar-refractivity contribution is 5.95. The van der Waals surface area contributed by atoms with E-state index in [0.717, 1.165) is 43.4 Å². The number of nitrogens with zero attached hydrogens (tertiary/aromatic N) is 2. The van der Waals surface area contributed by atoms with Gasteiger partial charge in [-0.1, -0.05) is 12.1 Å². The zero-order valence-electron chi connectivity index (χ0n) is 14.7. The minimum Gasteiger partial charge on any atom is -0.375 e. The van der Waals surface area contributed by atoms with Gasteiger partial charge in [0.05, 0.1) is 12.7 Å². The minimum atomic E-state index is -0.0112. The molecule has 0 bridgehead atoms. The Morgan fingerprint density at radius 3 is 3.04 bits per heavy atom. The van der Waals surface area contributed by atoms with Gasteiger partial charge >= 0.3 is 0 Å². The number of carbonyl (C=O) groups is 1. The number of fused-ring (bicyclic) bond motifs is 1. The summed E-state index contributed by atoms with van der Waals surface area (Å²) in [6.45, 7) is 2.76. The van der Waals surface area contributed by atoms with Crippen LogP contribution in [0.4, 0.5) is 0 Å². The van der Waals surface area contributed by atoms with Gasteiger partial charge in [-0.15, -0.1) is 0 Å². The maximum Gasteiger partial charge on any atom is 0.251 e. The molecule has 2 aliphatic heterocycles. The Morgan fingerprint density at radius 2 is 2.23 bits per heavy atom. The number of hydrogen-bond acceptors (Lipinski definition) is 4. The number of amides is 1. The van der Waals surface area contributed by atoms with Gasteiger partial charge in [0.15, 0.2) is 0 Å². The summed E-state index contributed by atoms with van der Waals surface area (Å²) >= 11 is 0. The molecule has 3 atom stereocenters. The summed E-state index contributed by atoms with van der Waals surface area (Å²) in [5, 5.41) is 3.22. The number of aromatic amines is 1. The van der Waals surface area contributed by atoms with Crippen molar-refractivity contribution < 1.29 is 9.53 Å². The maximum atomic E-state index is 12.7. The molecule has 0 unspecified atom stereocenters. The lowest BCUT2D eigenvalue weighted by Crippen LogP contribution is -2.47. The van der Waals surface area contributed by atoms with E-state index in [0.29, 0.717) is 17.7 Å². The first-order valence-corrected chi connectivity index (χ1v) is 9.52. The van der Waals surface area contributed by atoms with Crippen molar-refractivity contribution in [3.63, 3.8) is 0 Å². The molecule has 1 saturated carbocycles. The number of aromatic nitrogens is 2. The number of ether oxygens (including phenoxy) is 1. The number of H-pyrrole nitrogens is 1. The number of rotatable bonds is 4. The van der Waals surface area contributed by atoms with Crippen LogP contribution in [0, 0.1) is 5.92 Å². The van der Waals surface area contributed by atoms with Gasteiger partial charge < -0.3 is 15.0 Å². The van der Waals surface area contributed by atoms with Gasteiger partial charge in [0, 0.05) is 48.7 Å². The first kappa shape index (κ1) is 16.0. The van der Waals surface area contributed by atoms with E-state index in [2.05, 4.69) is 20.2 Å². The predicted octanol–water partition coefficient (Wildman–Crippen LogP) is 2.06. The number of hydrogen-bond donors (Lipinski definition) is 2. The van der Waals surface area contributed by atoms with Gasteiger partial charge in [-0.25, -0.2) is 4.98 Å². The van der Waals surface area contributed by atoms with Gasteiger partial charge in [0.25, 0.3) is 5.91 Å². The molecule has 1 aliphatic carbocycles. The van der Waals surface area contributed by atoms with Crippen LogP contribution in [0.1, 0.15) is 29.6 Å². The quantitative estimate of drug-likeness (QED) is 0.884. The number of carbonyl (C=O) groups excluding carboxylic acids is 1. The minimum absolute atomic E-state index is 0.0112. The van der Waals surface area contributed by atoms with Gasteiger partial charge in [-0.3, -0.25) is 9.69 Å². The van der Waals surface area contributed by atoms with Crippen LogP contribution in [-0.4, -0.2) is 58.7 Å². The van der Waals surface area contributed by atoms with Crippen molar-refractivity contribution in [2.75, 3.05) is 19.7 Å². The summed E-state index contributed by atoms with van der Waals surface area (Å²) in [4.78, 5) is 22.6. The van der Waals surface area contributed by atoms with Crippen molar-refractivity contribution in [1.82, 2.24) is 20.2 Å². The van der Waals surface area contributed by atoms with Crippen LogP contribution >= 0.6 is 0 Å². The molecule has 0 radical (unpaired) electrons. The van der Waals surface area contributed by atoms with Crippen molar-refractivity contribution in [3.05, 3.63) is 42.2 Å². The van der Waals surface area contributed by atoms with Gasteiger partial charge in [0.2, 0.25) is 0 Å². The second kappa shape index (κ2) is 6.52. The Morgan fingerprint density at radius 1 is 1.31 bits per heavy atom. The SMILES string of the molecule is O=C(N[C@@H]1C[C@H]2CO[C@H](C3CC3)CN2C1)c1cccc(-c2ncc[nH]2)c1. The third-order valence-corrected chi connectivity index (χ3v) is 5.82. The number of imidazole rings is 1. The van der Waals surface area contributed by atoms with Crippen LogP contribution in [0.25, 0.3) is 11.4 Å². The smallest absolute Gasteiger partial charge is 0.251 e. The van der Waals surface area contributed by atoms with Crippen molar-refractivity contribution in [2.45, 2.75) is 37.5 Å². The molecular formula is C20H24N4O2. The molecule has 5 rings (SSSR count). The highest BCUT2D eigenvalue weighted by atomic mass is 16.5. The normalized spacial score (nSPS) is 28.7. The third kappa shape index (κ3) is 3.15. The fourth-order valence-electron chi connectivity index (χ4n) is 4.26. The van der Waals surface area contributed by atoms with Crippen LogP contribution in [0.2, 0.25) is 0 Å². The molecule has 2 N–H and O–H groups in total. The van der Waals surface area contributed by atoms with E-state index < -0.39 is 0 Å². The molecule has 136 valence electrons. The van der Waals surface area contributed by atoms with E-state index in [1.807, 2.05) is 24.3 Å². The highest BCUT2D eigenvalue weighted by Gasteiger charge is 2.42. The lowest BCUT2D eigenvalue weighted by molar-refractivity contribution is -0.0581. The first-order chi connectivity index (χ1) is 12.8. The predicted molar refractivity (Wildman–Crippen MR) is 97.7 cm³/mol. The lowest BCUT2D eigenvalue weighted by Gasteiger charge is -2.35. The average Bonchev–Trinajstić information content (AvgIpc) is 3.21. The molecule has 3 heterocycles. The average molecular weight is 352 g/mol. The molecule has 2 saturated heterocycles. The van der Waals surface area contributed by atoms with Gasteiger partial charge in [-0.2, -0.15) is 0 Å². The Bertz CT molecular complexity index is 787. The molecule has 0 spiro atoms. The zero-order valence-corrected chi connectivity index (χ0v) is 14.7. The molecule has 26 heavy (non-hydrogen) atoms. The standard InChI is InChI=1S/C20H24N4O2/c25-20(15-3-1-2-14(8-15)19-21-6-7-22-19)23-16-9-17-12-26-18(13-4-5-13)11-24(17)10-16/h1-3,6-8,13,16-18H,4-5,9-12H2,(H,21,22)(H,23,25)/t16-,17+,18+/m1/s1. The van der Waals surface area contributed by atoms with E-state index in [4.69, 9.17) is 4.74 Å². The molecule has 6 nitrogen and oxygen atoms in total. The topological polar surface area (TPSA) is 70.2 Å². The van der Waals surface area contributed by atoms with Gasteiger partial charge in [-0.05, 0) is 37.3 Å². The van der Waals surface area contributed by atoms with E-state index in [1.54, 1.807) is 12.4 Å². The second-order valence-corrected chi connectivity index (χ2v) is 7.74. The fraction of sp³-hybridized carbons (Fsp3) is 0.500. The summed E-state index contributed by atoms with van der Waals surface area (Å²) in [5.74, 6) is 1.54. The molecule has 3 fully saturated rings. The van der Waals surface area contributed by atoms with E-state index in [9.17, 15) is 4.79 Å². The van der Waals surface area contributed by atoms with Crippen LogP contribution in [0.15, 0.2) is 36.7 Å². The molecule has 6 heteroatoms. The Hall–Kier alpha value is -2.18. The molecule has 3 aliphatic rings. The monoisotopic (exact) mass is 352 g/mol. The summed E-state index contributed by atoms with van der Waals surface area (Å²) < 4.78 is 6.05. The highest BCUT2D eigenvalue weighted by Crippen LogP contribution is 2.37. The fourth-order valence-corrected chi connectivity index (χ4v) is 4.26. The zero-order chi connectivity index (χ0) is 17.5. The molecular weight excluding hydrogens is 328 g/mol. The molecule has 1 aromatic carbocycles. The van der Waals surface area contributed by atoms with E-state index >= 15 is 0 Å². The lowest BCUT2D eigenvalue weighted by atomic mass is 10.1. The van der Waals surface area contributed by atoms with Crippen molar-refractivity contribution >= 4 is 5.91 Å². The summed E-state index contributed by atoms with van der Waals surface area (Å²) in [6, 6.07) is 8.25. The number of nitrogens with one attached hydrogen (secondary N) is 2. The number of benzene rings is 1. The summed E-state index contributed by atoms with van der Waals surface area (Å²) in [6.07, 6.45) is 7.51. The third-order valence-electron chi connectivity index (χ3n) is 5.82. The van der Waals surface area contributed by atoms with Crippen LogP contribution in [0.5, 0.6) is 0 Å². The first-order valence-electron chi connectivity index (χ1n) is 9.52. The molecule has 2 aromatic rings. The van der Waals surface area contributed by atoms with E-state index in [-0.39, 0.29) is 11.9 Å². The van der Waals surface area contributed by atoms with Crippen LogP contribution in [0.3, 0.4) is 0 Å². The van der Waals surface area contributed by atoms with E-state index in [1.165, 1.54) is 12.8 Å². The Balaban J connectivity index is 1.23. The molecule has 1 amide bonds. The summed E-state index contributed by atoms with van der Waals surface area (Å²) in [5.41, 5.74) is 1.60. The number of morpholine rings is 1. The Labute approximate surface area is 152 Å². The van der Waals surface area contributed by atoms with Crippen molar-refractivity contribution in [3.8, 4) is 11.4 Å². The summed E-state index contributed by atoms with van der Waals surface area (Å²) in [7, 11) is 0. The largest absolute Gasteiger partial charge is 0.375 e. The van der Waals surface area contributed by atoms with Crippen LogP contribution in [-0.2, 0) is 4.74 Å².